The molecule has 22 heavy (non-hydrogen) atoms. The fourth-order valence-electron chi connectivity index (χ4n) is 1.96. The van der Waals surface area contributed by atoms with E-state index in [1.54, 1.807) is 12.1 Å². The number of rotatable bonds is 3. The summed E-state index contributed by atoms with van der Waals surface area (Å²) in [6.45, 7) is 1.82. The number of aryl methyl sites for hydroxylation is 1. The largest absolute Gasteiger partial charge is 0.417 e. The van der Waals surface area contributed by atoms with E-state index in [9.17, 15) is 13.2 Å². The van der Waals surface area contributed by atoms with Gasteiger partial charge in [-0.05, 0) is 36.8 Å². The lowest BCUT2D eigenvalue weighted by atomic mass is 10.2. The summed E-state index contributed by atoms with van der Waals surface area (Å²) >= 11 is 5.98. The number of aromatic amines is 1. The molecule has 0 saturated carbocycles. The molecule has 0 bridgehead atoms. The second kappa shape index (κ2) is 5.19. The smallest absolute Gasteiger partial charge is 0.408 e. The van der Waals surface area contributed by atoms with Crippen molar-refractivity contribution in [2.24, 2.45) is 0 Å². The molecule has 0 amide bonds. The lowest BCUT2D eigenvalue weighted by Gasteiger charge is -2.09. The highest BCUT2D eigenvalue weighted by molar-refractivity contribution is 7.92. The zero-order chi connectivity index (χ0) is 15.9. The minimum Gasteiger partial charge on any atom is -0.408 e. The van der Waals surface area contributed by atoms with Gasteiger partial charge < -0.3 is 4.42 Å². The van der Waals surface area contributed by atoms with Crippen LogP contribution in [0.3, 0.4) is 0 Å². The van der Waals surface area contributed by atoms with Crippen molar-refractivity contribution in [2.75, 3.05) is 4.72 Å². The predicted molar refractivity (Wildman–Crippen MR) is 83.8 cm³/mol. The molecule has 3 aromatic rings. The van der Waals surface area contributed by atoms with Crippen molar-refractivity contribution >= 4 is 38.4 Å². The van der Waals surface area contributed by atoms with Gasteiger partial charge in [-0.15, -0.1) is 0 Å². The van der Waals surface area contributed by atoms with Gasteiger partial charge in [0.05, 0.1) is 16.1 Å². The molecule has 0 aliphatic carbocycles. The van der Waals surface area contributed by atoms with Crippen LogP contribution in [0.25, 0.3) is 11.1 Å². The molecule has 8 heteroatoms. The molecule has 6 nitrogen and oxygen atoms in total. The number of oxazole rings is 1. The highest BCUT2D eigenvalue weighted by atomic mass is 35.5. The second-order valence-corrected chi connectivity index (χ2v) is 6.83. The second-order valence-electron chi connectivity index (χ2n) is 4.74. The van der Waals surface area contributed by atoms with Gasteiger partial charge in [0.15, 0.2) is 5.58 Å². The van der Waals surface area contributed by atoms with Crippen molar-refractivity contribution in [3.63, 3.8) is 0 Å². The van der Waals surface area contributed by atoms with Gasteiger partial charge in [0.1, 0.15) is 0 Å². The number of hydrogen-bond acceptors (Lipinski definition) is 4. The first-order valence-electron chi connectivity index (χ1n) is 6.27. The van der Waals surface area contributed by atoms with Crippen molar-refractivity contribution in [3.05, 3.63) is 57.5 Å². The number of sulfonamides is 1. The Morgan fingerprint density at radius 1 is 1.18 bits per heavy atom. The van der Waals surface area contributed by atoms with E-state index < -0.39 is 15.8 Å². The Morgan fingerprint density at radius 3 is 2.68 bits per heavy atom. The van der Waals surface area contributed by atoms with E-state index in [-0.39, 0.29) is 10.5 Å². The van der Waals surface area contributed by atoms with Gasteiger partial charge in [-0.2, -0.15) is 0 Å². The monoisotopic (exact) mass is 338 g/mol. The molecule has 0 fully saturated rings. The predicted octanol–water partition coefficient (Wildman–Crippen LogP) is 2.88. The highest BCUT2D eigenvalue weighted by Gasteiger charge is 2.16. The van der Waals surface area contributed by atoms with Crippen LogP contribution < -0.4 is 10.5 Å². The molecule has 0 aliphatic heterocycles. The number of fused-ring (bicyclic) bond motifs is 1. The standard InChI is InChI=1S/C14H11ClN2O4S/c1-8-2-3-9(6-11(8)15)17-22(19,20)10-4-5-12-13(7-10)21-14(18)16-12/h2-7,17H,1H3,(H,16,18). The number of benzene rings is 2. The fraction of sp³-hybridized carbons (Fsp3) is 0.0714. The van der Waals surface area contributed by atoms with Crippen molar-refractivity contribution in [3.8, 4) is 0 Å². The van der Waals surface area contributed by atoms with Gasteiger partial charge in [-0.1, -0.05) is 17.7 Å². The topological polar surface area (TPSA) is 92.2 Å². The van der Waals surface area contributed by atoms with Crippen LogP contribution in [0.4, 0.5) is 5.69 Å². The summed E-state index contributed by atoms with van der Waals surface area (Å²) < 4.78 is 32.0. The van der Waals surface area contributed by atoms with E-state index in [4.69, 9.17) is 16.0 Å². The minimum absolute atomic E-state index is 0.0144. The molecule has 1 aromatic heterocycles. The van der Waals surface area contributed by atoms with E-state index in [1.807, 2.05) is 6.92 Å². The van der Waals surface area contributed by atoms with E-state index in [0.717, 1.165) is 5.56 Å². The summed E-state index contributed by atoms with van der Waals surface area (Å²) in [5, 5.41) is 0.465. The summed E-state index contributed by atoms with van der Waals surface area (Å²) in [5.41, 5.74) is 1.81. The third-order valence-electron chi connectivity index (χ3n) is 3.13. The molecule has 0 atom stereocenters. The summed E-state index contributed by atoms with van der Waals surface area (Å²) in [7, 11) is -3.81. The number of halogens is 1. The normalized spacial score (nSPS) is 11.7. The molecule has 2 N–H and O–H groups in total. The third kappa shape index (κ3) is 2.72. The van der Waals surface area contributed by atoms with Gasteiger partial charge in [-0.25, -0.2) is 13.2 Å². The lowest BCUT2D eigenvalue weighted by molar-refractivity contribution is 0.554. The van der Waals surface area contributed by atoms with Crippen LogP contribution in [0, 0.1) is 6.92 Å². The van der Waals surface area contributed by atoms with E-state index in [0.29, 0.717) is 16.2 Å². The van der Waals surface area contributed by atoms with Gasteiger partial charge >= 0.3 is 5.76 Å². The number of anilines is 1. The van der Waals surface area contributed by atoms with Crippen LogP contribution in [-0.4, -0.2) is 13.4 Å². The van der Waals surface area contributed by atoms with Crippen molar-refractivity contribution in [2.45, 2.75) is 11.8 Å². The summed E-state index contributed by atoms with van der Waals surface area (Å²) in [5.74, 6) is -0.636. The summed E-state index contributed by atoms with van der Waals surface area (Å²) in [6.07, 6.45) is 0. The molecule has 0 saturated heterocycles. The molecule has 1 heterocycles. The SMILES string of the molecule is Cc1ccc(NS(=O)(=O)c2ccc3[nH]c(=O)oc3c2)cc1Cl. The number of hydrogen-bond donors (Lipinski definition) is 2. The molecular formula is C14H11ClN2O4S. The number of H-pyrrole nitrogens is 1. The molecule has 0 radical (unpaired) electrons. The zero-order valence-electron chi connectivity index (χ0n) is 11.4. The van der Waals surface area contributed by atoms with Crippen LogP contribution >= 0.6 is 11.6 Å². The van der Waals surface area contributed by atoms with Gasteiger partial charge in [-0.3, -0.25) is 9.71 Å². The van der Waals surface area contributed by atoms with Crippen LogP contribution in [0.2, 0.25) is 5.02 Å². The van der Waals surface area contributed by atoms with Crippen LogP contribution in [0.15, 0.2) is 50.5 Å². The maximum atomic E-state index is 12.4. The molecule has 0 unspecified atom stereocenters. The van der Waals surface area contributed by atoms with E-state index in [2.05, 4.69) is 9.71 Å². The number of nitrogens with one attached hydrogen (secondary N) is 2. The third-order valence-corrected chi connectivity index (χ3v) is 4.91. The van der Waals surface area contributed by atoms with E-state index in [1.165, 1.54) is 24.3 Å². The lowest BCUT2D eigenvalue weighted by Crippen LogP contribution is -2.12. The van der Waals surface area contributed by atoms with Crippen molar-refractivity contribution < 1.29 is 12.8 Å². The average Bonchev–Trinajstić information content (AvgIpc) is 2.81. The van der Waals surface area contributed by atoms with Crippen LogP contribution in [-0.2, 0) is 10.0 Å². The van der Waals surface area contributed by atoms with Crippen LogP contribution in [0.1, 0.15) is 5.56 Å². The Hall–Kier alpha value is -2.25. The molecule has 114 valence electrons. The Bertz CT molecular complexity index is 1020. The first kappa shape index (κ1) is 14.7. The molecule has 0 spiro atoms. The number of aromatic nitrogens is 1. The minimum atomic E-state index is -3.81. The van der Waals surface area contributed by atoms with Crippen molar-refractivity contribution in [1.29, 1.82) is 0 Å². The van der Waals surface area contributed by atoms with Gasteiger partial charge in [0.25, 0.3) is 10.0 Å². The van der Waals surface area contributed by atoms with Gasteiger partial charge in [0, 0.05) is 11.1 Å². The molecule has 3 rings (SSSR count). The molecule has 0 aliphatic rings. The fourth-order valence-corrected chi connectivity index (χ4v) is 3.21. The van der Waals surface area contributed by atoms with Crippen molar-refractivity contribution in [1.82, 2.24) is 4.98 Å². The Balaban J connectivity index is 1.99. The average molecular weight is 339 g/mol. The first-order chi connectivity index (χ1) is 10.3. The van der Waals surface area contributed by atoms with Gasteiger partial charge in [0.2, 0.25) is 0 Å². The maximum Gasteiger partial charge on any atom is 0.417 e. The Kier molecular flexibility index (Phi) is 3.46. The highest BCUT2D eigenvalue weighted by Crippen LogP contribution is 2.23. The maximum absolute atomic E-state index is 12.4. The Labute approximate surface area is 130 Å². The first-order valence-corrected chi connectivity index (χ1v) is 8.13. The zero-order valence-corrected chi connectivity index (χ0v) is 13.0. The Morgan fingerprint density at radius 2 is 1.95 bits per heavy atom. The van der Waals surface area contributed by atoms with Crippen LogP contribution in [0.5, 0.6) is 0 Å². The molecule has 2 aromatic carbocycles. The summed E-state index contributed by atoms with van der Waals surface area (Å²) in [4.78, 5) is 13.5. The van der Waals surface area contributed by atoms with E-state index >= 15 is 0 Å². The molecular weight excluding hydrogens is 328 g/mol. The quantitative estimate of drug-likeness (QED) is 0.768. The summed E-state index contributed by atoms with van der Waals surface area (Å²) in [6, 6.07) is 9.00.